The van der Waals surface area contributed by atoms with Gasteiger partial charge in [0.1, 0.15) is 0 Å². The number of hydrogen-bond donors (Lipinski definition) is 2. The largest absolute Gasteiger partial charge is 0.478 e. The maximum Gasteiger partial charge on any atom is 0.330 e. The van der Waals surface area contributed by atoms with Crippen molar-refractivity contribution >= 4 is 5.97 Å². The summed E-state index contributed by atoms with van der Waals surface area (Å²) in [6.45, 7) is 5.46. The van der Waals surface area contributed by atoms with Crippen molar-refractivity contribution in [2.24, 2.45) is 0 Å². The molecule has 0 spiro atoms. The van der Waals surface area contributed by atoms with Crippen molar-refractivity contribution in [2.75, 3.05) is 13.2 Å². The maximum atomic E-state index is 10.5. The quantitative estimate of drug-likeness (QED) is 0.495. The minimum Gasteiger partial charge on any atom is -0.478 e. The molecule has 0 bridgehead atoms. The molecule has 0 unspecified atom stereocenters. The molecular formula is C10H18O5. The number of aliphatic carboxylic acids is 1. The highest BCUT2D eigenvalue weighted by Crippen LogP contribution is 2.16. The second-order valence-corrected chi connectivity index (χ2v) is 2.98. The average molecular weight is 218 g/mol. The molecule has 0 atom stereocenters. The van der Waals surface area contributed by atoms with Gasteiger partial charge in [-0.3, -0.25) is 0 Å². The molecule has 0 aromatic heterocycles. The van der Waals surface area contributed by atoms with Gasteiger partial charge < -0.3 is 19.7 Å². The molecule has 0 fully saturated rings. The molecule has 0 aromatic carbocycles. The van der Waals surface area contributed by atoms with Gasteiger partial charge in [-0.25, -0.2) is 4.79 Å². The van der Waals surface area contributed by atoms with Gasteiger partial charge in [0.25, 0.3) is 5.97 Å². The lowest BCUT2D eigenvalue weighted by molar-refractivity contribution is -0.355. The van der Waals surface area contributed by atoms with Gasteiger partial charge in [0, 0.05) is 25.2 Å². The number of carbonyl (C=O) groups is 1. The number of aliphatic hydroxyl groups is 1. The molecule has 88 valence electrons. The Morgan fingerprint density at radius 1 is 1.33 bits per heavy atom. The second-order valence-electron chi connectivity index (χ2n) is 2.98. The summed E-state index contributed by atoms with van der Waals surface area (Å²) in [5.74, 6) is -2.74. The molecule has 0 aliphatic heterocycles. The lowest BCUT2D eigenvalue weighted by Crippen LogP contribution is -2.35. The smallest absolute Gasteiger partial charge is 0.330 e. The summed E-state index contributed by atoms with van der Waals surface area (Å²) >= 11 is 0. The Hall–Kier alpha value is -0.910. The first-order chi connectivity index (χ1) is 6.95. The number of carboxylic acids is 1. The standard InChI is InChI=1S/C10H18O5/c1-4-14-10(13,15-5-2)7-6-8(3)9(11)12/h6,13H,4-5,7H2,1-3H3,(H,11,12). The molecule has 0 radical (unpaired) electrons. The Morgan fingerprint density at radius 3 is 2.13 bits per heavy atom. The molecule has 0 rings (SSSR count). The zero-order valence-electron chi connectivity index (χ0n) is 9.32. The van der Waals surface area contributed by atoms with E-state index in [0.717, 1.165) is 0 Å². The highest BCUT2D eigenvalue weighted by Gasteiger charge is 2.26. The van der Waals surface area contributed by atoms with E-state index in [4.69, 9.17) is 14.6 Å². The van der Waals surface area contributed by atoms with Crippen LogP contribution in [0, 0.1) is 0 Å². The van der Waals surface area contributed by atoms with E-state index in [1.807, 2.05) is 0 Å². The molecule has 5 nitrogen and oxygen atoms in total. The molecule has 2 N–H and O–H groups in total. The summed E-state index contributed by atoms with van der Waals surface area (Å²) in [7, 11) is 0. The van der Waals surface area contributed by atoms with Crippen LogP contribution in [-0.2, 0) is 14.3 Å². The maximum absolute atomic E-state index is 10.5. The van der Waals surface area contributed by atoms with Crippen LogP contribution in [0.2, 0.25) is 0 Å². The molecule has 0 saturated carbocycles. The van der Waals surface area contributed by atoms with Crippen LogP contribution in [0.4, 0.5) is 0 Å². The van der Waals surface area contributed by atoms with Crippen molar-refractivity contribution in [1.29, 1.82) is 0 Å². The summed E-state index contributed by atoms with van der Waals surface area (Å²) in [4.78, 5) is 10.5. The average Bonchev–Trinajstić information content (AvgIpc) is 2.15. The van der Waals surface area contributed by atoms with Crippen LogP contribution in [-0.4, -0.2) is 35.4 Å². The van der Waals surface area contributed by atoms with Crippen LogP contribution < -0.4 is 0 Å². The third-order valence-corrected chi connectivity index (χ3v) is 1.74. The van der Waals surface area contributed by atoms with E-state index in [-0.39, 0.29) is 25.2 Å². The van der Waals surface area contributed by atoms with Crippen molar-refractivity contribution < 1.29 is 24.5 Å². The van der Waals surface area contributed by atoms with Crippen LogP contribution >= 0.6 is 0 Å². The van der Waals surface area contributed by atoms with Gasteiger partial charge in [-0.15, -0.1) is 0 Å². The molecule has 15 heavy (non-hydrogen) atoms. The third-order valence-electron chi connectivity index (χ3n) is 1.74. The van der Waals surface area contributed by atoms with Gasteiger partial charge in [-0.05, 0) is 20.8 Å². The van der Waals surface area contributed by atoms with E-state index in [2.05, 4.69) is 0 Å². The van der Waals surface area contributed by atoms with Gasteiger partial charge in [0.2, 0.25) is 0 Å². The fourth-order valence-electron chi connectivity index (χ4n) is 0.980. The zero-order valence-corrected chi connectivity index (χ0v) is 9.32. The zero-order chi connectivity index (χ0) is 11.9. The summed E-state index contributed by atoms with van der Waals surface area (Å²) in [5.41, 5.74) is 0.146. The first-order valence-electron chi connectivity index (χ1n) is 4.85. The third kappa shape index (κ3) is 5.51. The van der Waals surface area contributed by atoms with E-state index in [1.54, 1.807) is 13.8 Å². The highest BCUT2D eigenvalue weighted by molar-refractivity contribution is 5.85. The minimum atomic E-state index is -1.72. The summed E-state index contributed by atoms with van der Waals surface area (Å²) in [6.07, 6.45) is 1.36. The lowest BCUT2D eigenvalue weighted by atomic mass is 10.2. The van der Waals surface area contributed by atoms with Crippen LogP contribution in [0.3, 0.4) is 0 Å². The molecule has 0 saturated heterocycles. The Balaban J connectivity index is 4.41. The van der Waals surface area contributed by atoms with Crippen molar-refractivity contribution in [3.63, 3.8) is 0 Å². The van der Waals surface area contributed by atoms with Crippen LogP contribution in [0.15, 0.2) is 11.6 Å². The molecule has 0 aromatic rings. The van der Waals surface area contributed by atoms with E-state index in [0.29, 0.717) is 0 Å². The van der Waals surface area contributed by atoms with Gasteiger partial charge in [-0.2, -0.15) is 0 Å². The Morgan fingerprint density at radius 2 is 1.80 bits per heavy atom. The predicted molar refractivity (Wildman–Crippen MR) is 54.2 cm³/mol. The van der Waals surface area contributed by atoms with Gasteiger partial charge >= 0.3 is 5.97 Å². The van der Waals surface area contributed by atoms with Gasteiger partial charge in [0.05, 0.1) is 0 Å². The Kier molecular flexibility index (Phi) is 6.15. The summed E-state index contributed by atoms with van der Waals surface area (Å²) < 4.78 is 9.99. The van der Waals surface area contributed by atoms with Crippen LogP contribution in [0.25, 0.3) is 0 Å². The van der Waals surface area contributed by atoms with E-state index >= 15 is 0 Å². The summed E-state index contributed by atoms with van der Waals surface area (Å²) in [6, 6.07) is 0. The monoisotopic (exact) mass is 218 g/mol. The number of rotatable bonds is 7. The molecule has 0 heterocycles. The SMILES string of the molecule is CCOC(O)(CC=C(C)C(=O)O)OCC. The fourth-order valence-corrected chi connectivity index (χ4v) is 0.980. The lowest BCUT2D eigenvalue weighted by Gasteiger charge is -2.25. The summed E-state index contributed by atoms with van der Waals surface area (Å²) in [5, 5.41) is 18.4. The Labute approximate surface area is 89.3 Å². The van der Waals surface area contributed by atoms with Crippen molar-refractivity contribution in [2.45, 2.75) is 33.2 Å². The predicted octanol–water partition coefficient (Wildman–Crippen LogP) is 1.13. The normalized spacial score (nSPS) is 12.9. The highest BCUT2D eigenvalue weighted by atomic mass is 16.8. The first-order valence-corrected chi connectivity index (χ1v) is 4.85. The number of carboxylic acid groups (broad SMARTS) is 1. The topological polar surface area (TPSA) is 76.0 Å². The number of ether oxygens (including phenoxy) is 2. The molecule has 0 aliphatic carbocycles. The first kappa shape index (κ1) is 14.1. The minimum absolute atomic E-state index is 0.00713. The van der Waals surface area contributed by atoms with Crippen LogP contribution in [0.5, 0.6) is 0 Å². The number of hydrogen-bond acceptors (Lipinski definition) is 4. The van der Waals surface area contributed by atoms with Gasteiger partial charge in [-0.1, -0.05) is 6.08 Å². The second kappa shape index (κ2) is 6.55. The molecule has 0 amide bonds. The van der Waals surface area contributed by atoms with Crippen LogP contribution in [0.1, 0.15) is 27.2 Å². The van der Waals surface area contributed by atoms with Gasteiger partial charge in [0.15, 0.2) is 0 Å². The van der Waals surface area contributed by atoms with E-state index in [1.165, 1.54) is 13.0 Å². The molecule has 5 heteroatoms. The molecule has 0 aliphatic rings. The Bertz CT molecular complexity index is 228. The molecular weight excluding hydrogens is 200 g/mol. The van der Waals surface area contributed by atoms with Crippen molar-refractivity contribution in [1.82, 2.24) is 0 Å². The van der Waals surface area contributed by atoms with E-state index < -0.39 is 11.9 Å². The van der Waals surface area contributed by atoms with E-state index in [9.17, 15) is 9.90 Å². The fraction of sp³-hybridized carbons (Fsp3) is 0.700. The van der Waals surface area contributed by atoms with Crippen molar-refractivity contribution in [3.8, 4) is 0 Å². The van der Waals surface area contributed by atoms with Crippen molar-refractivity contribution in [3.05, 3.63) is 11.6 Å².